The highest BCUT2D eigenvalue weighted by Gasteiger charge is 2.65. The maximum Gasteiger partial charge on any atom is 0.306 e. The molecular formula is C24H38O6. The molecule has 4 fully saturated rings. The van der Waals surface area contributed by atoms with Crippen LogP contribution in [0.1, 0.15) is 73.1 Å². The fourth-order valence-electron chi connectivity index (χ4n) is 6.68. The summed E-state index contributed by atoms with van der Waals surface area (Å²) >= 11 is 0. The molecule has 0 amide bonds. The monoisotopic (exact) mass is 422 g/mol. The molecule has 6 nitrogen and oxygen atoms in total. The lowest BCUT2D eigenvalue weighted by atomic mass is 9.59. The van der Waals surface area contributed by atoms with Gasteiger partial charge in [-0.05, 0) is 50.9 Å². The van der Waals surface area contributed by atoms with Crippen LogP contribution in [-0.4, -0.2) is 53.0 Å². The van der Waals surface area contributed by atoms with Crippen molar-refractivity contribution in [1.82, 2.24) is 0 Å². The van der Waals surface area contributed by atoms with E-state index in [9.17, 15) is 14.7 Å². The Morgan fingerprint density at radius 2 is 1.97 bits per heavy atom. The average molecular weight is 423 g/mol. The van der Waals surface area contributed by atoms with E-state index < -0.39 is 11.2 Å². The molecule has 0 aromatic heterocycles. The number of ketones is 1. The van der Waals surface area contributed by atoms with E-state index in [1.165, 1.54) is 0 Å². The zero-order valence-corrected chi connectivity index (χ0v) is 19.1. The van der Waals surface area contributed by atoms with Gasteiger partial charge in [-0.2, -0.15) is 0 Å². The summed E-state index contributed by atoms with van der Waals surface area (Å²) in [5.41, 5.74) is -2.02. The first kappa shape index (κ1) is 22.2. The zero-order valence-electron chi connectivity index (χ0n) is 19.1. The molecular weight excluding hydrogens is 384 g/mol. The Hall–Kier alpha value is -0.980. The Morgan fingerprint density at radius 3 is 2.67 bits per heavy atom. The van der Waals surface area contributed by atoms with Crippen LogP contribution in [-0.2, 0) is 23.8 Å². The Balaban J connectivity index is 1.78. The second-order valence-electron chi connectivity index (χ2n) is 10.9. The molecule has 4 aliphatic rings. The van der Waals surface area contributed by atoms with Gasteiger partial charge in [0.15, 0.2) is 5.78 Å². The van der Waals surface area contributed by atoms with Gasteiger partial charge >= 0.3 is 5.97 Å². The van der Waals surface area contributed by atoms with Crippen LogP contribution < -0.4 is 0 Å². The van der Waals surface area contributed by atoms with Gasteiger partial charge in [0.2, 0.25) is 0 Å². The minimum atomic E-state index is -1.01. The number of hydrogen-bond acceptors (Lipinski definition) is 6. The fraction of sp³-hybridized carbons (Fsp3) is 0.917. The number of Topliss-reactive ketones (excluding diaryl/α,β-unsaturated/α-hetero) is 1. The molecule has 10 atom stereocenters. The van der Waals surface area contributed by atoms with Crippen molar-refractivity contribution >= 4 is 11.8 Å². The standard InChI is InChI=1S/C24H38O6/c1-6-7-18(26)30-21-13(2)10-15-14(3)12-28-24(5)17(25)8-9-23(4,27)11-16-20(21)19(15)22(24)29-16/h13-16,19-22,27H,6-12H2,1-5H3/t13-,14+,15?,16+,19+,20+,21-,22+,23-,24+/m1/s1. The number of ether oxygens (including phenoxy) is 3. The summed E-state index contributed by atoms with van der Waals surface area (Å²) in [5.74, 6) is 0.771. The van der Waals surface area contributed by atoms with E-state index in [0.717, 1.165) is 12.8 Å². The third kappa shape index (κ3) is 3.63. The maximum absolute atomic E-state index is 13.3. The van der Waals surface area contributed by atoms with Crippen LogP contribution in [0.25, 0.3) is 0 Å². The van der Waals surface area contributed by atoms with Gasteiger partial charge in [0.25, 0.3) is 0 Å². The van der Waals surface area contributed by atoms with E-state index in [4.69, 9.17) is 14.2 Å². The number of rotatable bonds is 3. The van der Waals surface area contributed by atoms with Crippen LogP contribution in [0.3, 0.4) is 0 Å². The molecule has 0 aromatic rings. The molecule has 30 heavy (non-hydrogen) atoms. The Labute approximate surface area is 180 Å². The number of esters is 1. The van der Waals surface area contributed by atoms with E-state index in [2.05, 4.69) is 13.8 Å². The van der Waals surface area contributed by atoms with Crippen LogP contribution >= 0.6 is 0 Å². The van der Waals surface area contributed by atoms with Crippen molar-refractivity contribution in [3.63, 3.8) is 0 Å². The smallest absolute Gasteiger partial charge is 0.306 e. The summed E-state index contributed by atoms with van der Waals surface area (Å²) < 4.78 is 19.0. The molecule has 2 bridgehead atoms. The number of carbonyl (C=O) groups excluding carboxylic acids is 2. The van der Waals surface area contributed by atoms with Crippen LogP contribution in [0.15, 0.2) is 0 Å². The zero-order chi connectivity index (χ0) is 21.8. The molecule has 170 valence electrons. The Morgan fingerprint density at radius 1 is 1.23 bits per heavy atom. The first-order valence-corrected chi connectivity index (χ1v) is 11.8. The highest BCUT2D eigenvalue weighted by Crippen LogP contribution is 2.57. The summed E-state index contributed by atoms with van der Waals surface area (Å²) in [6, 6.07) is 0. The highest BCUT2D eigenvalue weighted by molar-refractivity contribution is 5.88. The lowest BCUT2D eigenvalue weighted by molar-refractivity contribution is -0.165. The van der Waals surface area contributed by atoms with E-state index in [1.54, 1.807) is 6.92 Å². The van der Waals surface area contributed by atoms with Crippen LogP contribution in [0, 0.1) is 29.6 Å². The van der Waals surface area contributed by atoms with Gasteiger partial charge in [-0.1, -0.05) is 20.8 Å². The predicted molar refractivity (Wildman–Crippen MR) is 111 cm³/mol. The maximum atomic E-state index is 13.3. The topological polar surface area (TPSA) is 82.1 Å². The van der Waals surface area contributed by atoms with Crippen molar-refractivity contribution in [2.45, 2.75) is 103 Å². The minimum Gasteiger partial charge on any atom is -0.462 e. The average Bonchev–Trinajstić information content (AvgIpc) is 3.01. The van der Waals surface area contributed by atoms with E-state index in [-0.39, 0.29) is 54.2 Å². The lowest BCUT2D eigenvalue weighted by Crippen LogP contribution is -2.55. The van der Waals surface area contributed by atoms with Gasteiger partial charge in [-0.15, -0.1) is 0 Å². The molecule has 3 heterocycles. The Bertz CT molecular complexity index is 689. The van der Waals surface area contributed by atoms with Crippen LogP contribution in [0.4, 0.5) is 0 Å². The summed E-state index contributed by atoms with van der Waals surface area (Å²) in [4.78, 5) is 25.8. The molecule has 0 radical (unpaired) electrons. The largest absolute Gasteiger partial charge is 0.462 e. The van der Waals surface area contributed by atoms with E-state index >= 15 is 0 Å². The van der Waals surface area contributed by atoms with Crippen molar-refractivity contribution in [1.29, 1.82) is 0 Å². The van der Waals surface area contributed by atoms with Crippen LogP contribution in [0.2, 0.25) is 0 Å². The van der Waals surface area contributed by atoms with Gasteiger partial charge < -0.3 is 19.3 Å². The van der Waals surface area contributed by atoms with E-state index in [1.807, 2.05) is 13.8 Å². The molecule has 0 aromatic carbocycles. The number of carbonyl (C=O) groups is 2. The second kappa shape index (κ2) is 7.86. The number of fused-ring (bicyclic) bond motifs is 2. The Kier molecular flexibility index (Phi) is 5.82. The third-order valence-electron chi connectivity index (χ3n) is 8.35. The molecule has 3 aliphatic heterocycles. The number of hydrogen-bond donors (Lipinski definition) is 1. The first-order chi connectivity index (χ1) is 14.1. The normalized spacial score (nSPS) is 50.8. The molecule has 6 heteroatoms. The van der Waals surface area contributed by atoms with E-state index in [0.29, 0.717) is 37.7 Å². The summed E-state index contributed by atoms with van der Waals surface area (Å²) in [5, 5.41) is 11.0. The first-order valence-electron chi connectivity index (χ1n) is 11.8. The van der Waals surface area contributed by atoms with Gasteiger partial charge in [-0.3, -0.25) is 9.59 Å². The molecule has 1 saturated carbocycles. The molecule has 4 rings (SSSR count). The lowest BCUT2D eigenvalue weighted by Gasteiger charge is -2.47. The third-order valence-corrected chi connectivity index (χ3v) is 8.35. The van der Waals surface area contributed by atoms with Crippen molar-refractivity contribution in [2.24, 2.45) is 29.6 Å². The van der Waals surface area contributed by atoms with Crippen molar-refractivity contribution in [2.75, 3.05) is 6.61 Å². The molecule has 1 aliphatic carbocycles. The molecule has 1 N–H and O–H groups in total. The molecule has 0 spiro atoms. The SMILES string of the molecule is CCCC(=O)O[C@H]1[C@@H]2[C@@H]3C(C[C@H]1C)[C@@H](C)CO[C@@]1(C)C(=O)CC[C@@](C)(O)C[C@@H]2O[C@@H]31. The number of aliphatic hydroxyl groups is 1. The summed E-state index contributed by atoms with van der Waals surface area (Å²) in [6.07, 6.45) is 2.37. The van der Waals surface area contributed by atoms with Gasteiger partial charge in [0.05, 0.1) is 24.4 Å². The molecule has 1 unspecified atom stereocenters. The van der Waals surface area contributed by atoms with Crippen LogP contribution in [0.5, 0.6) is 0 Å². The van der Waals surface area contributed by atoms with Gasteiger partial charge in [0, 0.05) is 31.1 Å². The predicted octanol–water partition coefficient (Wildman–Crippen LogP) is 3.28. The summed E-state index contributed by atoms with van der Waals surface area (Å²) in [7, 11) is 0. The van der Waals surface area contributed by atoms with Gasteiger partial charge in [-0.25, -0.2) is 0 Å². The van der Waals surface area contributed by atoms with Crippen molar-refractivity contribution in [3.05, 3.63) is 0 Å². The quantitative estimate of drug-likeness (QED) is 0.703. The fourth-order valence-corrected chi connectivity index (χ4v) is 6.68. The van der Waals surface area contributed by atoms with Crippen molar-refractivity contribution < 1.29 is 28.9 Å². The second-order valence-corrected chi connectivity index (χ2v) is 10.9. The highest BCUT2D eigenvalue weighted by atomic mass is 16.6. The van der Waals surface area contributed by atoms with Gasteiger partial charge in [0.1, 0.15) is 11.7 Å². The summed E-state index contributed by atoms with van der Waals surface area (Å²) in [6.45, 7) is 10.5. The minimum absolute atomic E-state index is 0.0140. The van der Waals surface area contributed by atoms with Crippen molar-refractivity contribution in [3.8, 4) is 0 Å². The molecule has 3 saturated heterocycles.